The first-order chi connectivity index (χ1) is 7.26. The smallest absolute Gasteiger partial charge is 0.117 e. The quantitative estimate of drug-likeness (QED) is 0.728. The van der Waals surface area contributed by atoms with Gasteiger partial charge in [0.05, 0.1) is 6.07 Å². The van der Waals surface area contributed by atoms with Crippen molar-refractivity contribution in [2.24, 2.45) is 0 Å². The molecule has 1 heterocycles. The molecule has 1 atom stereocenters. The first-order valence-corrected chi connectivity index (χ1v) is 5.58. The zero-order valence-electron chi connectivity index (χ0n) is 8.70. The predicted molar refractivity (Wildman–Crippen MR) is 62.2 cm³/mol. The van der Waals surface area contributed by atoms with Gasteiger partial charge < -0.3 is 4.90 Å². The lowest BCUT2D eigenvalue weighted by Crippen LogP contribution is -2.38. The van der Waals surface area contributed by atoms with E-state index >= 15 is 0 Å². The van der Waals surface area contributed by atoms with Gasteiger partial charge in [-0.1, -0.05) is 11.6 Å². The number of aryl methyl sites for hydroxylation is 1. The third-order valence-electron chi connectivity index (χ3n) is 2.90. The Balaban J connectivity index is 2.43. The summed E-state index contributed by atoms with van der Waals surface area (Å²) in [5, 5.41) is 9.83. The van der Waals surface area contributed by atoms with Crippen LogP contribution >= 0.6 is 11.6 Å². The van der Waals surface area contributed by atoms with Gasteiger partial charge in [0.2, 0.25) is 0 Å². The standard InChI is InChI=1S/C12H13ClN2/c1-2-15-11(8-14)5-3-9-7-10(13)4-6-12(9)15/h4,6-7,11H,2-3,5H2,1H3. The Hall–Kier alpha value is -1.20. The van der Waals surface area contributed by atoms with Crippen LogP contribution in [0.3, 0.4) is 0 Å². The molecule has 0 aromatic heterocycles. The van der Waals surface area contributed by atoms with Gasteiger partial charge in [-0.05, 0) is 43.5 Å². The van der Waals surface area contributed by atoms with Gasteiger partial charge in [-0.2, -0.15) is 5.26 Å². The Morgan fingerprint density at radius 1 is 1.60 bits per heavy atom. The molecule has 1 aliphatic rings. The van der Waals surface area contributed by atoms with Crippen molar-refractivity contribution >= 4 is 17.3 Å². The van der Waals surface area contributed by atoms with Crippen LogP contribution in [0.25, 0.3) is 0 Å². The number of anilines is 1. The molecule has 0 spiro atoms. The lowest BCUT2D eigenvalue weighted by atomic mass is 9.96. The van der Waals surface area contributed by atoms with E-state index in [1.165, 1.54) is 11.3 Å². The summed E-state index contributed by atoms with van der Waals surface area (Å²) in [6, 6.07) is 8.29. The Kier molecular flexibility index (Phi) is 2.83. The van der Waals surface area contributed by atoms with Crippen molar-refractivity contribution in [1.82, 2.24) is 0 Å². The summed E-state index contributed by atoms with van der Waals surface area (Å²) in [7, 11) is 0. The number of benzene rings is 1. The van der Waals surface area contributed by atoms with Crippen molar-refractivity contribution in [3.05, 3.63) is 28.8 Å². The molecule has 15 heavy (non-hydrogen) atoms. The van der Waals surface area contributed by atoms with Gasteiger partial charge >= 0.3 is 0 Å². The van der Waals surface area contributed by atoms with Crippen molar-refractivity contribution in [3.63, 3.8) is 0 Å². The number of rotatable bonds is 1. The van der Waals surface area contributed by atoms with Gasteiger partial charge in [-0.15, -0.1) is 0 Å². The number of nitrogens with zero attached hydrogens (tertiary/aromatic N) is 2. The van der Waals surface area contributed by atoms with E-state index in [0.29, 0.717) is 0 Å². The first kappa shape index (κ1) is 10.3. The van der Waals surface area contributed by atoms with Gasteiger partial charge in [0.15, 0.2) is 0 Å². The lowest BCUT2D eigenvalue weighted by Gasteiger charge is -2.34. The molecular weight excluding hydrogens is 208 g/mol. The molecular formula is C12H13ClN2. The molecule has 0 fully saturated rings. The first-order valence-electron chi connectivity index (χ1n) is 5.21. The van der Waals surface area contributed by atoms with Crippen molar-refractivity contribution < 1.29 is 0 Å². The van der Waals surface area contributed by atoms with E-state index in [1.54, 1.807) is 0 Å². The molecule has 0 amide bonds. The van der Waals surface area contributed by atoms with Crippen LogP contribution in [-0.4, -0.2) is 12.6 Å². The van der Waals surface area contributed by atoms with Crippen LogP contribution in [0.15, 0.2) is 18.2 Å². The fourth-order valence-electron chi connectivity index (χ4n) is 2.18. The molecule has 0 aliphatic carbocycles. The second-order valence-electron chi connectivity index (χ2n) is 3.74. The summed E-state index contributed by atoms with van der Waals surface area (Å²) < 4.78 is 0. The van der Waals surface area contributed by atoms with Gasteiger partial charge in [0, 0.05) is 17.3 Å². The average molecular weight is 221 g/mol. The van der Waals surface area contributed by atoms with E-state index in [1.807, 2.05) is 18.2 Å². The van der Waals surface area contributed by atoms with Crippen LogP contribution in [0.5, 0.6) is 0 Å². The summed E-state index contributed by atoms with van der Waals surface area (Å²) in [6.07, 6.45) is 1.85. The molecule has 0 radical (unpaired) electrons. The molecule has 0 saturated carbocycles. The minimum Gasteiger partial charge on any atom is -0.356 e. The monoisotopic (exact) mass is 220 g/mol. The molecule has 3 heteroatoms. The number of fused-ring (bicyclic) bond motifs is 1. The maximum Gasteiger partial charge on any atom is 0.117 e. The van der Waals surface area contributed by atoms with Crippen LogP contribution in [0, 0.1) is 11.3 Å². The van der Waals surface area contributed by atoms with E-state index in [0.717, 1.165) is 24.4 Å². The molecule has 78 valence electrons. The second-order valence-corrected chi connectivity index (χ2v) is 4.18. The zero-order valence-corrected chi connectivity index (χ0v) is 9.46. The van der Waals surface area contributed by atoms with E-state index in [9.17, 15) is 0 Å². The normalized spacial score (nSPS) is 19.5. The summed E-state index contributed by atoms with van der Waals surface area (Å²) >= 11 is 5.95. The Labute approximate surface area is 95.1 Å². The maximum atomic E-state index is 9.05. The summed E-state index contributed by atoms with van der Waals surface area (Å²) in [5.41, 5.74) is 2.43. The molecule has 1 aliphatic heterocycles. The number of hydrogen-bond acceptors (Lipinski definition) is 2. The lowest BCUT2D eigenvalue weighted by molar-refractivity contribution is 0.624. The Morgan fingerprint density at radius 3 is 3.07 bits per heavy atom. The molecule has 1 aromatic carbocycles. The van der Waals surface area contributed by atoms with Crippen LogP contribution in [0.4, 0.5) is 5.69 Å². The minimum atomic E-state index is 0.0173. The second kappa shape index (κ2) is 4.12. The molecule has 1 unspecified atom stereocenters. The number of nitriles is 1. The molecule has 2 rings (SSSR count). The predicted octanol–water partition coefficient (Wildman–Crippen LogP) is 3.00. The fraction of sp³-hybridized carbons (Fsp3) is 0.417. The molecule has 0 saturated heterocycles. The van der Waals surface area contributed by atoms with E-state index < -0.39 is 0 Å². The van der Waals surface area contributed by atoms with E-state index in [4.69, 9.17) is 16.9 Å². The highest BCUT2D eigenvalue weighted by Gasteiger charge is 2.24. The van der Waals surface area contributed by atoms with Crippen LogP contribution < -0.4 is 4.90 Å². The molecule has 1 aromatic rings. The molecule has 0 bridgehead atoms. The number of halogens is 1. The average Bonchev–Trinajstić information content (AvgIpc) is 2.27. The Bertz CT molecular complexity index is 409. The molecule has 0 N–H and O–H groups in total. The van der Waals surface area contributed by atoms with E-state index in [-0.39, 0.29) is 6.04 Å². The van der Waals surface area contributed by atoms with Crippen molar-refractivity contribution in [2.45, 2.75) is 25.8 Å². The fourth-order valence-corrected chi connectivity index (χ4v) is 2.37. The number of hydrogen-bond donors (Lipinski definition) is 0. The van der Waals surface area contributed by atoms with Crippen molar-refractivity contribution in [1.29, 1.82) is 5.26 Å². The van der Waals surface area contributed by atoms with Gasteiger partial charge in [0.1, 0.15) is 6.04 Å². The Morgan fingerprint density at radius 2 is 2.40 bits per heavy atom. The van der Waals surface area contributed by atoms with Crippen molar-refractivity contribution in [3.8, 4) is 6.07 Å². The topological polar surface area (TPSA) is 27.0 Å². The SMILES string of the molecule is CCN1c2ccc(Cl)cc2CCC1C#N. The van der Waals surface area contributed by atoms with Crippen LogP contribution in [-0.2, 0) is 6.42 Å². The highest BCUT2D eigenvalue weighted by atomic mass is 35.5. The van der Waals surface area contributed by atoms with Crippen LogP contribution in [0.1, 0.15) is 18.9 Å². The highest BCUT2D eigenvalue weighted by Crippen LogP contribution is 2.32. The summed E-state index contributed by atoms with van der Waals surface area (Å²) in [4.78, 5) is 2.15. The summed E-state index contributed by atoms with van der Waals surface area (Å²) in [5.74, 6) is 0. The maximum absolute atomic E-state index is 9.05. The van der Waals surface area contributed by atoms with Gasteiger partial charge in [-0.25, -0.2) is 0 Å². The highest BCUT2D eigenvalue weighted by molar-refractivity contribution is 6.30. The third kappa shape index (κ3) is 1.80. The van der Waals surface area contributed by atoms with E-state index in [2.05, 4.69) is 17.9 Å². The minimum absolute atomic E-state index is 0.0173. The van der Waals surface area contributed by atoms with Crippen LogP contribution in [0.2, 0.25) is 5.02 Å². The summed E-state index contributed by atoms with van der Waals surface area (Å²) in [6.45, 7) is 2.95. The zero-order chi connectivity index (χ0) is 10.8. The van der Waals surface area contributed by atoms with Crippen molar-refractivity contribution in [2.75, 3.05) is 11.4 Å². The third-order valence-corrected chi connectivity index (χ3v) is 3.14. The van der Waals surface area contributed by atoms with Gasteiger partial charge in [0.25, 0.3) is 0 Å². The van der Waals surface area contributed by atoms with Gasteiger partial charge in [-0.3, -0.25) is 0 Å². The molecule has 2 nitrogen and oxygen atoms in total. The largest absolute Gasteiger partial charge is 0.356 e.